The van der Waals surface area contributed by atoms with Gasteiger partial charge in [0.1, 0.15) is 18.5 Å². The number of nitrogens with one attached hydrogen (secondary N) is 4. The third-order valence-electron chi connectivity index (χ3n) is 9.82. The highest BCUT2D eigenvalue weighted by atomic mass is 32.2. The fourth-order valence-electron chi connectivity index (χ4n) is 8.71. The first-order valence-corrected chi connectivity index (χ1v) is 17.0. The summed E-state index contributed by atoms with van der Waals surface area (Å²) in [5.41, 5.74) is 0.349. The largest absolute Gasteiger partial charge is 0.387 e. The lowest BCUT2D eigenvalue weighted by Gasteiger charge is -2.61. The summed E-state index contributed by atoms with van der Waals surface area (Å²) in [5, 5.41) is 28.9. The Morgan fingerprint density at radius 3 is 2.54 bits per heavy atom. The highest BCUT2D eigenvalue weighted by Gasteiger charge is 2.57. The number of sulfonamides is 1. The Hall–Kier alpha value is -3.70. The van der Waals surface area contributed by atoms with Crippen LogP contribution >= 0.6 is 0 Å². The van der Waals surface area contributed by atoms with Crippen molar-refractivity contribution in [3.05, 3.63) is 36.9 Å². The summed E-state index contributed by atoms with van der Waals surface area (Å²) >= 11 is 0. The molecule has 4 aliphatic carbocycles. The zero-order chi connectivity index (χ0) is 32.4. The SMILES string of the molecule is CCNC(=O)[C@H]1O[C@@H](n2cnc3c(NC(=O)Nc4cccc(S(=O)(=O)NC56C[C@@H]7C[C@@H](CC(C)(C7)C5)C6)c4)ncnc32)C(O)C1O. The number of carbonyl (C=O) groups excluding carboxylic acids is 2. The van der Waals surface area contributed by atoms with Gasteiger partial charge in [-0.1, -0.05) is 13.0 Å². The van der Waals surface area contributed by atoms with E-state index in [4.69, 9.17) is 4.74 Å². The number of likely N-dealkylation sites (N-methyl/N-ethyl adjacent to an activating group) is 1. The molecule has 4 saturated carbocycles. The molecule has 8 rings (SSSR count). The summed E-state index contributed by atoms with van der Waals surface area (Å²) in [6.07, 6.45) is 3.15. The molecule has 1 aromatic carbocycles. The molecule has 1 saturated heterocycles. The van der Waals surface area contributed by atoms with Crippen molar-refractivity contribution in [2.75, 3.05) is 17.2 Å². The molecule has 46 heavy (non-hydrogen) atoms. The first kappa shape index (κ1) is 30.9. The first-order chi connectivity index (χ1) is 21.9. The molecule has 2 aromatic heterocycles. The second-order valence-corrected chi connectivity index (χ2v) is 15.3. The third-order valence-corrected chi connectivity index (χ3v) is 11.4. The number of aromatic nitrogens is 4. The number of aliphatic hydroxyl groups is 2. The van der Waals surface area contributed by atoms with E-state index in [1.165, 1.54) is 35.8 Å². The van der Waals surface area contributed by atoms with E-state index in [0.717, 1.165) is 32.1 Å². The van der Waals surface area contributed by atoms with Gasteiger partial charge in [-0.05, 0) is 80.9 Å². The Morgan fingerprint density at radius 2 is 1.83 bits per heavy atom. The van der Waals surface area contributed by atoms with Gasteiger partial charge in [-0.2, -0.15) is 0 Å². The minimum Gasteiger partial charge on any atom is -0.387 e. The van der Waals surface area contributed by atoms with Gasteiger partial charge in [-0.25, -0.2) is 32.9 Å². The topological polar surface area (TPSA) is 210 Å². The van der Waals surface area contributed by atoms with Gasteiger partial charge < -0.3 is 25.6 Å². The van der Waals surface area contributed by atoms with Crippen LogP contribution in [0.1, 0.15) is 58.6 Å². The molecule has 16 heteroatoms. The fraction of sp³-hybridized carbons (Fsp3) is 0.567. The smallest absolute Gasteiger partial charge is 0.324 e. The maximum absolute atomic E-state index is 13.6. The van der Waals surface area contributed by atoms with E-state index in [9.17, 15) is 28.2 Å². The van der Waals surface area contributed by atoms with Crippen LogP contribution in [0.25, 0.3) is 11.2 Å². The Balaban J connectivity index is 1.05. The molecular formula is C30H38N8O7S. The summed E-state index contributed by atoms with van der Waals surface area (Å²) in [4.78, 5) is 38.0. The monoisotopic (exact) mass is 654 g/mol. The van der Waals surface area contributed by atoms with Gasteiger partial charge in [0.05, 0.1) is 11.2 Å². The normalized spacial score (nSPS) is 33.3. The van der Waals surface area contributed by atoms with Gasteiger partial charge >= 0.3 is 6.03 Å². The average molecular weight is 655 g/mol. The van der Waals surface area contributed by atoms with E-state index in [1.807, 2.05) is 0 Å². The van der Waals surface area contributed by atoms with Crippen molar-refractivity contribution < 1.29 is 33.0 Å². The molecule has 0 radical (unpaired) electrons. The van der Waals surface area contributed by atoms with E-state index in [2.05, 4.69) is 42.5 Å². The van der Waals surface area contributed by atoms with Crippen molar-refractivity contribution in [2.45, 2.75) is 87.3 Å². The lowest BCUT2D eigenvalue weighted by atomic mass is 9.48. The van der Waals surface area contributed by atoms with E-state index in [1.54, 1.807) is 19.1 Å². The molecule has 3 heterocycles. The molecule has 3 amide bonds. The zero-order valence-electron chi connectivity index (χ0n) is 25.5. The summed E-state index contributed by atoms with van der Waals surface area (Å²) in [5.74, 6) is 0.577. The van der Waals surface area contributed by atoms with Crippen LogP contribution in [0.4, 0.5) is 16.3 Å². The van der Waals surface area contributed by atoms with Gasteiger partial charge in [0.25, 0.3) is 5.91 Å². The summed E-state index contributed by atoms with van der Waals surface area (Å²) in [7, 11) is -3.85. The maximum atomic E-state index is 13.6. The van der Waals surface area contributed by atoms with Crippen molar-refractivity contribution >= 4 is 44.6 Å². The van der Waals surface area contributed by atoms with Gasteiger partial charge in [0.2, 0.25) is 10.0 Å². The lowest BCUT2D eigenvalue weighted by Crippen LogP contribution is -2.62. The van der Waals surface area contributed by atoms with Crippen LogP contribution in [-0.4, -0.2) is 80.5 Å². The molecule has 3 aromatic rings. The van der Waals surface area contributed by atoms with Gasteiger partial charge in [0, 0.05) is 17.8 Å². The Labute approximate surface area is 265 Å². The quantitative estimate of drug-likeness (QED) is 0.208. The van der Waals surface area contributed by atoms with E-state index in [0.29, 0.717) is 18.4 Å². The minimum atomic E-state index is -3.85. The highest BCUT2D eigenvalue weighted by molar-refractivity contribution is 7.89. The third kappa shape index (κ3) is 5.51. The van der Waals surface area contributed by atoms with Gasteiger partial charge in [0.15, 0.2) is 29.3 Å². The van der Waals surface area contributed by atoms with Crippen LogP contribution in [0.5, 0.6) is 0 Å². The number of imidazole rings is 1. The van der Waals surface area contributed by atoms with Crippen molar-refractivity contribution in [1.29, 1.82) is 0 Å². The second-order valence-electron chi connectivity index (χ2n) is 13.6. The van der Waals surface area contributed by atoms with Gasteiger partial charge in [-0.15, -0.1) is 0 Å². The average Bonchev–Trinajstić information content (AvgIpc) is 3.52. The molecule has 4 unspecified atom stereocenters. The number of aliphatic hydroxyl groups excluding tert-OH is 2. The number of anilines is 2. The van der Waals surface area contributed by atoms with Crippen molar-refractivity contribution in [3.8, 4) is 0 Å². The highest BCUT2D eigenvalue weighted by Crippen LogP contribution is 2.61. The number of ether oxygens (including phenoxy) is 1. The van der Waals surface area contributed by atoms with Crippen molar-refractivity contribution in [2.24, 2.45) is 17.3 Å². The molecule has 1 aliphatic heterocycles. The molecule has 15 nitrogen and oxygen atoms in total. The predicted molar refractivity (Wildman–Crippen MR) is 165 cm³/mol. The molecule has 8 atom stereocenters. The van der Waals surface area contributed by atoms with Crippen LogP contribution in [0.15, 0.2) is 41.8 Å². The Bertz CT molecular complexity index is 1780. The number of hydrogen-bond donors (Lipinski definition) is 6. The molecule has 5 fully saturated rings. The molecule has 5 aliphatic rings. The second kappa shape index (κ2) is 11.2. The van der Waals surface area contributed by atoms with Crippen LogP contribution in [0.2, 0.25) is 0 Å². The van der Waals surface area contributed by atoms with Crippen LogP contribution < -0.4 is 20.7 Å². The molecule has 0 spiro atoms. The number of hydrogen-bond acceptors (Lipinski definition) is 10. The number of urea groups is 1. The number of nitrogens with zero attached hydrogens (tertiary/aromatic N) is 4. The summed E-state index contributed by atoms with van der Waals surface area (Å²) in [6, 6.07) is 5.40. The summed E-state index contributed by atoms with van der Waals surface area (Å²) < 4.78 is 37.3. The van der Waals surface area contributed by atoms with E-state index in [-0.39, 0.29) is 33.0 Å². The number of rotatable bonds is 8. The fourth-order valence-corrected chi connectivity index (χ4v) is 10.2. The Morgan fingerprint density at radius 1 is 1.07 bits per heavy atom. The van der Waals surface area contributed by atoms with Crippen LogP contribution in [0, 0.1) is 17.3 Å². The number of amides is 3. The van der Waals surface area contributed by atoms with Crippen molar-refractivity contribution in [1.82, 2.24) is 29.6 Å². The zero-order valence-corrected chi connectivity index (χ0v) is 26.3. The van der Waals surface area contributed by atoms with Crippen LogP contribution in [0.3, 0.4) is 0 Å². The van der Waals surface area contributed by atoms with Gasteiger partial charge in [-0.3, -0.25) is 14.7 Å². The summed E-state index contributed by atoms with van der Waals surface area (Å²) in [6.45, 7) is 4.33. The van der Waals surface area contributed by atoms with E-state index >= 15 is 0 Å². The number of carbonyl (C=O) groups is 2. The molecule has 4 bridgehead atoms. The number of benzene rings is 1. The van der Waals surface area contributed by atoms with Crippen molar-refractivity contribution in [3.63, 3.8) is 0 Å². The molecular weight excluding hydrogens is 616 g/mol. The van der Waals surface area contributed by atoms with E-state index < -0.39 is 52.0 Å². The molecule has 246 valence electrons. The minimum absolute atomic E-state index is 0.0373. The number of fused-ring (bicyclic) bond motifs is 1. The molecule has 6 N–H and O–H groups in total. The Kier molecular flexibility index (Phi) is 7.55. The predicted octanol–water partition coefficient (Wildman–Crippen LogP) is 1.86. The maximum Gasteiger partial charge on any atom is 0.324 e. The lowest BCUT2D eigenvalue weighted by molar-refractivity contribution is -0.137. The first-order valence-electron chi connectivity index (χ1n) is 15.6. The van der Waals surface area contributed by atoms with Crippen LogP contribution in [-0.2, 0) is 19.6 Å². The standard InChI is InChI=1S/C30H38N8O7S/c1-3-31-26(41)23-21(39)22(40)27(45-23)38-15-34-20-24(32-14-33-25(20)38)36-28(42)35-18-5-4-6-19(8-18)46(43,44)37-30-11-16-7-17(12-30)10-29(2,9-16)13-30/h4-6,8,14-17,21-23,27,37,39-40H,3,7,9-13H2,1-2H3,(H,31,41)(H2,32,33,35,36,42)/t16-,17+,21?,22?,23-,27+,29?,30?/m0/s1.